The third-order valence-corrected chi connectivity index (χ3v) is 7.13. The molecular formula is C37H52N4O8. The molecule has 1 aromatic carbocycles. The zero-order valence-electron chi connectivity index (χ0n) is 30.4. The molecule has 0 saturated heterocycles. The molecule has 1 amide bonds. The van der Waals surface area contributed by atoms with Gasteiger partial charge in [-0.2, -0.15) is 5.10 Å². The molecule has 49 heavy (non-hydrogen) atoms. The molecule has 12 nitrogen and oxygen atoms in total. The van der Waals surface area contributed by atoms with Crippen molar-refractivity contribution in [1.82, 2.24) is 19.9 Å². The van der Waals surface area contributed by atoms with Crippen LogP contribution in [0.15, 0.2) is 48.8 Å². The van der Waals surface area contributed by atoms with Crippen molar-refractivity contribution < 1.29 is 38.1 Å². The average molecular weight is 681 g/mol. The van der Waals surface area contributed by atoms with Crippen molar-refractivity contribution in [2.24, 2.45) is 0 Å². The lowest BCUT2D eigenvalue weighted by Crippen LogP contribution is -2.50. The Morgan fingerprint density at radius 1 is 0.694 bits per heavy atom. The van der Waals surface area contributed by atoms with Gasteiger partial charge in [-0.15, -0.1) is 0 Å². The molecule has 268 valence electrons. The lowest BCUT2D eigenvalue weighted by molar-refractivity contribution is -0.155. The quantitative estimate of drug-likeness (QED) is 0.148. The van der Waals surface area contributed by atoms with E-state index in [-0.39, 0.29) is 44.9 Å². The van der Waals surface area contributed by atoms with Crippen molar-refractivity contribution in [2.75, 3.05) is 0 Å². The second-order valence-electron chi connectivity index (χ2n) is 15.2. The van der Waals surface area contributed by atoms with Crippen LogP contribution in [-0.2, 0) is 46.4 Å². The number of carbonyl (C=O) groups excluding carboxylic acids is 4. The summed E-state index contributed by atoms with van der Waals surface area (Å²) >= 11 is 0. The van der Waals surface area contributed by atoms with Gasteiger partial charge in [0.05, 0.1) is 12.1 Å². The molecule has 0 unspecified atom stereocenters. The van der Waals surface area contributed by atoms with E-state index in [0.717, 1.165) is 5.56 Å². The predicted molar refractivity (Wildman–Crippen MR) is 184 cm³/mol. The highest BCUT2D eigenvalue weighted by Crippen LogP contribution is 2.29. The van der Waals surface area contributed by atoms with Gasteiger partial charge in [-0.05, 0) is 99.3 Å². The maximum Gasteiger partial charge on any atom is 0.306 e. The Balaban J connectivity index is 1.88. The Morgan fingerprint density at radius 3 is 1.65 bits per heavy atom. The number of nitrogens with zero attached hydrogens (tertiary/aromatic N) is 3. The third kappa shape index (κ3) is 13.9. The Hall–Kier alpha value is -4.48. The van der Waals surface area contributed by atoms with Gasteiger partial charge in [0.1, 0.15) is 29.7 Å². The Bertz CT molecular complexity index is 1500. The van der Waals surface area contributed by atoms with Crippen LogP contribution in [0, 0.1) is 0 Å². The summed E-state index contributed by atoms with van der Waals surface area (Å²) in [6.45, 7) is 16.3. The summed E-state index contributed by atoms with van der Waals surface area (Å²) in [5.41, 5.74) is -1.31. The molecule has 0 radical (unpaired) electrons. The first-order chi connectivity index (χ1) is 22.7. The number of rotatable bonds is 15. The number of benzene rings is 1. The zero-order chi connectivity index (χ0) is 36.5. The fourth-order valence-corrected chi connectivity index (χ4v) is 5.19. The maximum absolute atomic E-state index is 13.9. The number of nitrogens with one attached hydrogen (secondary N) is 1. The van der Waals surface area contributed by atoms with E-state index in [1.807, 2.05) is 30.3 Å². The minimum absolute atomic E-state index is 0.0546. The van der Waals surface area contributed by atoms with E-state index >= 15 is 0 Å². The first kappa shape index (κ1) is 39.0. The van der Waals surface area contributed by atoms with Crippen LogP contribution < -0.4 is 10.1 Å². The smallest absolute Gasteiger partial charge is 0.306 e. The molecular weight excluding hydrogens is 628 g/mol. The van der Waals surface area contributed by atoms with E-state index in [1.165, 1.54) is 6.33 Å². The van der Waals surface area contributed by atoms with Crippen molar-refractivity contribution in [3.63, 3.8) is 0 Å². The normalized spacial score (nSPS) is 12.3. The van der Waals surface area contributed by atoms with Crippen LogP contribution in [0.4, 0.5) is 0 Å². The summed E-state index contributed by atoms with van der Waals surface area (Å²) < 4.78 is 24.2. The van der Waals surface area contributed by atoms with Crippen LogP contribution in [-0.4, -0.2) is 60.8 Å². The van der Waals surface area contributed by atoms with Crippen LogP contribution >= 0.6 is 0 Å². The molecule has 1 N–H and O–H groups in total. The van der Waals surface area contributed by atoms with Gasteiger partial charge in [0.25, 0.3) is 0 Å². The highest BCUT2D eigenvalue weighted by Gasteiger charge is 2.36. The van der Waals surface area contributed by atoms with Crippen molar-refractivity contribution in [2.45, 2.75) is 136 Å². The largest absolute Gasteiger partial charge is 0.485 e. The van der Waals surface area contributed by atoms with Gasteiger partial charge in [-0.3, -0.25) is 19.2 Å². The van der Waals surface area contributed by atoms with Gasteiger partial charge in [0.2, 0.25) is 5.91 Å². The van der Waals surface area contributed by atoms with Crippen LogP contribution in [0.2, 0.25) is 0 Å². The molecule has 0 aliphatic rings. The highest BCUT2D eigenvalue weighted by atomic mass is 16.6. The van der Waals surface area contributed by atoms with Crippen molar-refractivity contribution >= 4 is 29.5 Å². The SMILES string of the molecule is CC(C)(C)OC(=O)CCC(CCC(=O)OC(C)(C)C)(CCC(=O)OC(C)(C)C)NC(=O)Cc1ccc(OCc2ccccc2)c2ncnn12. The molecule has 0 fully saturated rings. The average Bonchev–Trinajstić information content (AvgIpc) is 3.46. The lowest BCUT2D eigenvalue weighted by atomic mass is 9.83. The highest BCUT2D eigenvalue weighted by molar-refractivity contribution is 5.80. The topological polar surface area (TPSA) is 147 Å². The van der Waals surface area contributed by atoms with Crippen molar-refractivity contribution in [1.29, 1.82) is 0 Å². The molecule has 0 aliphatic carbocycles. The summed E-state index contributed by atoms with van der Waals surface area (Å²) in [6, 6.07) is 13.2. The molecule has 0 bridgehead atoms. The molecule has 0 spiro atoms. The second kappa shape index (κ2) is 16.3. The van der Waals surface area contributed by atoms with Gasteiger partial charge < -0.3 is 24.3 Å². The van der Waals surface area contributed by atoms with E-state index in [2.05, 4.69) is 15.4 Å². The lowest BCUT2D eigenvalue weighted by Gasteiger charge is -2.36. The Labute approximate surface area is 289 Å². The van der Waals surface area contributed by atoms with Crippen LogP contribution in [0.3, 0.4) is 0 Å². The van der Waals surface area contributed by atoms with E-state index < -0.39 is 46.2 Å². The van der Waals surface area contributed by atoms with Crippen molar-refractivity contribution in [3.8, 4) is 5.75 Å². The van der Waals surface area contributed by atoms with E-state index in [1.54, 1.807) is 79.0 Å². The number of fused-ring (bicyclic) bond motifs is 1. The van der Waals surface area contributed by atoms with Gasteiger partial charge >= 0.3 is 17.9 Å². The molecule has 2 aromatic heterocycles. The number of hydrogen-bond acceptors (Lipinski definition) is 10. The number of amides is 1. The number of aromatic nitrogens is 3. The van der Waals surface area contributed by atoms with Crippen molar-refractivity contribution in [3.05, 3.63) is 60.0 Å². The zero-order valence-corrected chi connectivity index (χ0v) is 30.4. The summed E-state index contributed by atoms with van der Waals surface area (Å²) in [5.74, 6) is -1.28. The summed E-state index contributed by atoms with van der Waals surface area (Å²) in [7, 11) is 0. The molecule has 3 rings (SSSR count). The van der Waals surface area contributed by atoms with Gasteiger partial charge in [0.15, 0.2) is 11.4 Å². The number of hydrogen-bond donors (Lipinski definition) is 1. The molecule has 2 heterocycles. The van der Waals surface area contributed by atoms with E-state index in [0.29, 0.717) is 23.7 Å². The van der Waals surface area contributed by atoms with E-state index in [4.69, 9.17) is 18.9 Å². The standard InChI is InChI=1S/C37H52N4O8/c1-34(2,3)47-30(43)17-20-37(21-18-31(44)48-35(4,5)6,22-19-32(45)49-36(7,8)9)40-29(42)23-27-15-16-28(33-38-25-39-41(27)33)46-24-26-13-11-10-12-14-26/h10-16,25H,17-24H2,1-9H3,(H,40,42). The molecule has 0 aliphatic heterocycles. The summed E-state index contributed by atoms with van der Waals surface area (Å²) in [4.78, 5) is 56.8. The molecule has 12 heteroatoms. The first-order valence-corrected chi connectivity index (χ1v) is 16.7. The molecule has 0 atom stereocenters. The maximum atomic E-state index is 13.9. The van der Waals surface area contributed by atoms with Crippen LogP contribution in [0.25, 0.3) is 5.65 Å². The molecule has 3 aromatic rings. The minimum Gasteiger partial charge on any atom is -0.485 e. The van der Waals surface area contributed by atoms with Crippen LogP contribution in [0.1, 0.15) is 112 Å². The first-order valence-electron chi connectivity index (χ1n) is 16.7. The Morgan fingerprint density at radius 2 is 1.18 bits per heavy atom. The number of ether oxygens (including phenoxy) is 4. The Kier molecular flexibility index (Phi) is 12.9. The number of pyridine rings is 1. The van der Waals surface area contributed by atoms with Crippen LogP contribution in [0.5, 0.6) is 5.75 Å². The molecule has 0 saturated carbocycles. The van der Waals surface area contributed by atoms with Gasteiger partial charge in [0, 0.05) is 24.8 Å². The fourth-order valence-electron chi connectivity index (χ4n) is 5.19. The predicted octanol–water partition coefficient (Wildman–Crippen LogP) is 6.07. The minimum atomic E-state index is -1.15. The summed E-state index contributed by atoms with van der Waals surface area (Å²) in [5, 5.41) is 7.42. The fraction of sp³-hybridized carbons (Fsp3) is 0.568. The van der Waals surface area contributed by atoms with Gasteiger partial charge in [-0.25, -0.2) is 9.50 Å². The number of carbonyl (C=O) groups is 4. The second-order valence-corrected chi connectivity index (χ2v) is 15.2. The monoisotopic (exact) mass is 680 g/mol. The summed E-state index contributed by atoms with van der Waals surface area (Å²) in [6.07, 6.45) is 1.46. The number of esters is 3. The van der Waals surface area contributed by atoms with Gasteiger partial charge in [-0.1, -0.05) is 30.3 Å². The van der Waals surface area contributed by atoms with E-state index in [9.17, 15) is 19.2 Å². The third-order valence-electron chi connectivity index (χ3n) is 7.13.